The molecule has 0 bridgehead atoms. The van der Waals surface area contributed by atoms with E-state index in [-0.39, 0.29) is 5.75 Å². The van der Waals surface area contributed by atoms with Crippen molar-refractivity contribution in [3.8, 4) is 39.7 Å². The molecule has 7 nitrogen and oxygen atoms in total. The molecular weight excluding hydrogens is 430 g/mol. The van der Waals surface area contributed by atoms with Gasteiger partial charge in [-0.15, -0.1) is 0 Å². The van der Waals surface area contributed by atoms with E-state index in [9.17, 15) is 5.11 Å². The third-order valence-electron chi connectivity index (χ3n) is 5.59. The van der Waals surface area contributed by atoms with Gasteiger partial charge in [0, 0.05) is 17.7 Å². The summed E-state index contributed by atoms with van der Waals surface area (Å²) in [5, 5.41) is 14.0. The number of phenols is 1. The molecule has 0 atom stereocenters. The van der Waals surface area contributed by atoms with Crippen LogP contribution < -0.4 is 14.8 Å². The maximum Gasteiger partial charge on any atom is 0.232 e. The number of ether oxygens (including phenoxy) is 2. The van der Waals surface area contributed by atoms with Gasteiger partial charge in [-0.25, -0.2) is 9.97 Å². The van der Waals surface area contributed by atoms with Gasteiger partial charge in [0.1, 0.15) is 35.2 Å². The molecule has 0 aliphatic carbocycles. The number of nitrogens with one attached hydrogen (secondary N) is 1. The molecule has 0 saturated carbocycles. The summed E-state index contributed by atoms with van der Waals surface area (Å²) in [6, 6.07) is 22.6. The topological polar surface area (TPSA) is 89.6 Å². The molecule has 0 amide bonds. The van der Waals surface area contributed by atoms with Crippen LogP contribution >= 0.6 is 0 Å². The highest BCUT2D eigenvalue weighted by Crippen LogP contribution is 2.43. The van der Waals surface area contributed by atoms with Gasteiger partial charge in [0.05, 0.1) is 19.6 Å². The zero-order valence-electron chi connectivity index (χ0n) is 18.8. The maximum atomic E-state index is 9.80. The summed E-state index contributed by atoms with van der Waals surface area (Å²) in [6.45, 7) is 0.478. The van der Waals surface area contributed by atoms with Crippen LogP contribution in [0.4, 0.5) is 5.82 Å². The number of hydrogen-bond donors (Lipinski definition) is 2. The molecule has 0 fully saturated rings. The number of hydrogen-bond acceptors (Lipinski definition) is 7. The predicted octanol–water partition coefficient (Wildman–Crippen LogP) is 5.89. The van der Waals surface area contributed by atoms with E-state index in [0.717, 1.165) is 39.1 Å². The first-order valence-electron chi connectivity index (χ1n) is 10.7. The van der Waals surface area contributed by atoms with Crippen LogP contribution in [0.3, 0.4) is 0 Å². The second kappa shape index (κ2) is 9.15. The van der Waals surface area contributed by atoms with Gasteiger partial charge in [0.2, 0.25) is 5.71 Å². The number of anilines is 1. The second-order valence-electron chi connectivity index (χ2n) is 7.69. The first kappa shape index (κ1) is 21.3. The lowest BCUT2D eigenvalue weighted by atomic mass is 9.99. The van der Waals surface area contributed by atoms with Crippen LogP contribution in [0.15, 0.2) is 83.5 Å². The van der Waals surface area contributed by atoms with Gasteiger partial charge in [-0.1, -0.05) is 24.3 Å². The van der Waals surface area contributed by atoms with Crippen molar-refractivity contribution >= 4 is 16.9 Å². The zero-order valence-corrected chi connectivity index (χ0v) is 18.8. The molecule has 5 rings (SSSR count). The smallest absolute Gasteiger partial charge is 0.232 e. The number of methoxy groups -OCH3 is 2. The van der Waals surface area contributed by atoms with Crippen molar-refractivity contribution in [1.82, 2.24) is 9.97 Å². The van der Waals surface area contributed by atoms with Crippen LogP contribution in [0, 0.1) is 0 Å². The van der Waals surface area contributed by atoms with Crippen LogP contribution in [0.2, 0.25) is 0 Å². The molecule has 34 heavy (non-hydrogen) atoms. The fourth-order valence-corrected chi connectivity index (χ4v) is 3.90. The highest BCUT2D eigenvalue weighted by atomic mass is 16.5. The van der Waals surface area contributed by atoms with E-state index in [1.165, 1.54) is 6.33 Å². The summed E-state index contributed by atoms with van der Waals surface area (Å²) in [6.07, 6.45) is 1.48. The number of rotatable bonds is 7. The molecule has 2 N–H and O–H groups in total. The standard InChI is InChI=1S/C27H23N3O4/c1-32-21-10-6-18(7-11-21)23-24-26(28-15-17-4-3-5-20(31)14-17)29-16-30-27(24)34-25(23)19-8-12-22(33-2)13-9-19/h3-14,16,31H,15H2,1-2H3,(H,28,29,30). The van der Waals surface area contributed by atoms with Gasteiger partial charge in [-0.2, -0.15) is 0 Å². The van der Waals surface area contributed by atoms with Gasteiger partial charge in [-0.3, -0.25) is 0 Å². The number of phenolic OH excluding ortho intramolecular Hbond substituents is 1. The molecule has 5 aromatic rings. The van der Waals surface area contributed by atoms with Crippen molar-refractivity contribution in [3.05, 3.63) is 84.7 Å². The predicted molar refractivity (Wildman–Crippen MR) is 131 cm³/mol. The SMILES string of the molecule is COc1ccc(-c2oc3ncnc(NCc4cccc(O)c4)c3c2-c2ccc(OC)cc2)cc1. The highest BCUT2D eigenvalue weighted by molar-refractivity contribution is 6.05. The summed E-state index contributed by atoms with van der Waals surface area (Å²) >= 11 is 0. The molecule has 2 heterocycles. The van der Waals surface area contributed by atoms with Crippen molar-refractivity contribution in [2.45, 2.75) is 6.54 Å². The Morgan fingerprint density at radius 3 is 2.18 bits per heavy atom. The van der Waals surface area contributed by atoms with Crippen molar-refractivity contribution in [1.29, 1.82) is 0 Å². The van der Waals surface area contributed by atoms with E-state index in [4.69, 9.17) is 13.9 Å². The summed E-state index contributed by atoms with van der Waals surface area (Å²) in [5.41, 5.74) is 4.12. The van der Waals surface area contributed by atoms with Crippen molar-refractivity contribution in [2.24, 2.45) is 0 Å². The van der Waals surface area contributed by atoms with E-state index in [2.05, 4.69) is 15.3 Å². The Balaban J connectivity index is 1.65. The van der Waals surface area contributed by atoms with Crippen LogP contribution in [-0.4, -0.2) is 29.3 Å². The quantitative estimate of drug-likeness (QED) is 0.317. The number of nitrogens with zero attached hydrogens (tertiary/aromatic N) is 2. The Morgan fingerprint density at radius 2 is 1.53 bits per heavy atom. The summed E-state index contributed by atoms with van der Waals surface area (Å²) in [7, 11) is 3.28. The summed E-state index contributed by atoms with van der Waals surface area (Å²) in [4.78, 5) is 8.91. The maximum absolute atomic E-state index is 9.80. The molecule has 7 heteroatoms. The molecule has 0 radical (unpaired) electrons. The molecule has 0 aliphatic heterocycles. The third kappa shape index (κ3) is 4.11. The minimum absolute atomic E-state index is 0.219. The average Bonchev–Trinajstić information content (AvgIpc) is 3.28. The largest absolute Gasteiger partial charge is 0.508 e. The van der Waals surface area contributed by atoms with Gasteiger partial charge in [0.15, 0.2) is 0 Å². The average molecular weight is 453 g/mol. The third-order valence-corrected chi connectivity index (χ3v) is 5.59. The molecule has 0 aliphatic rings. The Labute approximate surface area is 196 Å². The van der Waals surface area contributed by atoms with Crippen molar-refractivity contribution < 1.29 is 19.0 Å². The molecule has 2 aromatic heterocycles. The molecule has 0 saturated heterocycles. The van der Waals surface area contributed by atoms with E-state index in [1.807, 2.05) is 60.7 Å². The van der Waals surface area contributed by atoms with Gasteiger partial charge < -0.3 is 24.3 Å². The van der Waals surface area contributed by atoms with Crippen molar-refractivity contribution in [2.75, 3.05) is 19.5 Å². The van der Waals surface area contributed by atoms with Crippen LogP contribution in [-0.2, 0) is 6.54 Å². The first-order valence-corrected chi connectivity index (χ1v) is 10.7. The fourth-order valence-electron chi connectivity index (χ4n) is 3.90. The number of furan rings is 1. The highest BCUT2D eigenvalue weighted by Gasteiger charge is 2.22. The van der Waals surface area contributed by atoms with Crippen LogP contribution in [0.5, 0.6) is 17.2 Å². The van der Waals surface area contributed by atoms with E-state index < -0.39 is 0 Å². The Bertz CT molecular complexity index is 1430. The lowest BCUT2D eigenvalue weighted by molar-refractivity contribution is 0.414. The molecule has 170 valence electrons. The van der Waals surface area contributed by atoms with Gasteiger partial charge >= 0.3 is 0 Å². The number of aromatic nitrogens is 2. The second-order valence-corrected chi connectivity index (χ2v) is 7.69. The van der Waals surface area contributed by atoms with E-state index in [0.29, 0.717) is 23.8 Å². The summed E-state index contributed by atoms with van der Waals surface area (Å²) in [5.74, 6) is 3.07. The first-order chi connectivity index (χ1) is 16.7. The van der Waals surface area contributed by atoms with Gasteiger partial charge in [-0.05, 0) is 59.7 Å². The monoisotopic (exact) mass is 453 g/mol. The lowest BCUT2D eigenvalue weighted by Gasteiger charge is -2.10. The molecule has 3 aromatic carbocycles. The summed E-state index contributed by atoms with van der Waals surface area (Å²) < 4.78 is 16.9. The number of benzene rings is 3. The number of aromatic hydroxyl groups is 1. The minimum Gasteiger partial charge on any atom is -0.508 e. The zero-order chi connectivity index (χ0) is 23.5. The van der Waals surface area contributed by atoms with Crippen LogP contribution in [0.25, 0.3) is 33.6 Å². The minimum atomic E-state index is 0.219. The Morgan fingerprint density at radius 1 is 0.853 bits per heavy atom. The van der Waals surface area contributed by atoms with E-state index in [1.54, 1.807) is 26.4 Å². The van der Waals surface area contributed by atoms with E-state index >= 15 is 0 Å². The Kier molecular flexibility index (Phi) is 5.74. The van der Waals surface area contributed by atoms with Crippen molar-refractivity contribution in [3.63, 3.8) is 0 Å². The van der Waals surface area contributed by atoms with Gasteiger partial charge in [0.25, 0.3) is 0 Å². The lowest BCUT2D eigenvalue weighted by Crippen LogP contribution is -2.02. The Hall–Kier alpha value is -4.52. The molecule has 0 unspecified atom stereocenters. The number of fused-ring (bicyclic) bond motifs is 1. The normalized spacial score (nSPS) is 10.9. The van der Waals surface area contributed by atoms with Crippen LogP contribution in [0.1, 0.15) is 5.56 Å². The fraction of sp³-hybridized carbons (Fsp3) is 0.111. The molecular formula is C27H23N3O4. The molecule has 0 spiro atoms.